The molecule has 5 heteroatoms. The number of rotatable bonds is 8. The van der Waals surface area contributed by atoms with E-state index in [9.17, 15) is 8.42 Å². The average molecular weight is 299 g/mol. The zero-order valence-corrected chi connectivity index (χ0v) is 13.4. The van der Waals surface area contributed by atoms with Crippen molar-refractivity contribution in [1.29, 1.82) is 0 Å². The molecule has 20 heavy (non-hydrogen) atoms. The second-order valence-corrected chi connectivity index (χ2v) is 6.94. The molecule has 0 aliphatic heterocycles. The second kappa shape index (κ2) is 7.76. The third kappa shape index (κ3) is 4.04. The number of aliphatic hydroxyl groups is 1. The summed E-state index contributed by atoms with van der Waals surface area (Å²) in [6.45, 7) is 6.56. The number of sulfonamides is 1. The molecule has 0 saturated heterocycles. The zero-order chi connectivity index (χ0) is 15.2. The van der Waals surface area contributed by atoms with E-state index in [1.165, 1.54) is 4.31 Å². The Balaban J connectivity index is 3.02. The van der Waals surface area contributed by atoms with Gasteiger partial charge in [-0.1, -0.05) is 32.9 Å². The number of hydrogen-bond donors (Lipinski definition) is 1. The molecular formula is C15H25NO3S. The van der Waals surface area contributed by atoms with Crippen LogP contribution in [-0.2, 0) is 10.0 Å². The molecule has 0 aromatic heterocycles. The van der Waals surface area contributed by atoms with Crippen molar-refractivity contribution in [3.63, 3.8) is 0 Å². The van der Waals surface area contributed by atoms with Gasteiger partial charge in [0.1, 0.15) is 0 Å². The van der Waals surface area contributed by atoms with E-state index in [0.717, 1.165) is 18.4 Å². The van der Waals surface area contributed by atoms with Crippen molar-refractivity contribution in [3.05, 3.63) is 29.8 Å². The maximum Gasteiger partial charge on any atom is 0.243 e. The molecule has 0 aliphatic rings. The molecule has 114 valence electrons. The molecule has 0 spiro atoms. The van der Waals surface area contributed by atoms with Crippen LogP contribution in [-0.4, -0.2) is 37.5 Å². The largest absolute Gasteiger partial charge is 0.395 e. The van der Waals surface area contributed by atoms with Gasteiger partial charge in [0.2, 0.25) is 10.0 Å². The first kappa shape index (κ1) is 17.1. The van der Waals surface area contributed by atoms with Crippen LogP contribution in [0.25, 0.3) is 0 Å². The van der Waals surface area contributed by atoms with Crippen molar-refractivity contribution >= 4 is 10.0 Å². The van der Waals surface area contributed by atoms with E-state index in [4.69, 9.17) is 5.11 Å². The fourth-order valence-electron chi connectivity index (χ4n) is 2.07. The van der Waals surface area contributed by atoms with Crippen LogP contribution < -0.4 is 0 Å². The smallest absolute Gasteiger partial charge is 0.243 e. The standard InChI is InChI=1S/C15H25NO3S/c1-4-10-16(11-12-17)20(18,19)15-8-6-14(7-9-15)13(3)5-2/h6-9,13,17H,4-5,10-12H2,1-3H3. The lowest BCUT2D eigenvalue weighted by Crippen LogP contribution is -2.34. The molecule has 1 atom stereocenters. The predicted octanol–water partition coefficient (Wildman–Crippen LogP) is 2.59. The van der Waals surface area contributed by atoms with E-state index in [-0.39, 0.29) is 13.2 Å². The molecule has 0 fully saturated rings. The highest BCUT2D eigenvalue weighted by Crippen LogP contribution is 2.22. The minimum atomic E-state index is -3.50. The Kier molecular flexibility index (Phi) is 6.65. The van der Waals surface area contributed by atoms with Crippen molar-refractivity contribution < 1.29 is 13.5 Å². The molecule has 0 aliphatic carbocycles. The van der Waals surface area contributed by atoms with Gasteiger partial charge in [0.25, 0.3) is 0 Å². The Morgan fingerprint density at radius 3 is 2.20 bits per heavy atom. The molecule has 0 bridgehead atoms. The molecule has 0 saturated carbocycles. The van der Waals surface area contributed by atoms with Gasteiger partial charge in [-0.2, -0.15) is 4.31 Å². The van der Waals surface area contributed by atoms with Crippen LogP contribution in [0.5, 0.6) is 0 Å². The summed E-state index contributed by atoms with van der Waals surface area (Å²) in [6.07, 6.45) is 1.75. The van der Waals surface area contributed by atoms with E-state index in [0.29, 0.717) is 17.4 Å². The van der Waals surface area contributed by atoms with Gasteiger partial charge in [-0.15, -0.1) is 0 Å². The third-order valence-corrected chi connectivity index (χ3v) is 5.43. The van der Waals surface area contributed by atoms with Gasteiger partial charge in [0.05, 0.1) is 11.5 Å². The van der Waals surface area contributed by atoms with Crippen LogP contribution >= 0.6 is 0 Å². The highest BCUT2D eigenvalue weighted by atomic mass is 32.2. The molecule has 0 radical (unpaired) electrons. The first-order valence-electron chi connectivity index (χ1n) is 7.18. The Hall–Kier alpha value is -0.910. The molecule has 1 unspecified atom stereocenters. The van der Waals surface area contributed by atoms with Crippen molar-refractivity contribution in [3.8, 4) is 0 Å². The topological polar surface area (TPSA) is 57.6 Å². The Labute approximate surface area is 122 Å². The lowest BCUT2D eigenvalue weighted by Gasteiger charge is -2.21. The minimum absolute atomic E-state index is 0.142. The average Bonchev–Trinajstić information content (AvgIpc) is 2.46. The highest BCUT2D eigenvalue weighted by Gasteiger charge is 2.23. The van der Waals surface area contributed by atoms with Crippen molar-refractivity contribution in [2.75, 3.05) is 19.7 Å². The van der Waals surface area contributed by atoms with Crippen LogP contribution in [0.2, 0.25) is 0 Å². The molecular weight excluding hydrogens is 274 g/mol. The fraction of sp³-hybridized carbons (Fsp3) is 0.600. The summed E-state index contributed by atoms with van der Waals surface area (Å²) in [5.74, 6) is 0.427. The number of hydrogen-bond acceptors (Lipinski definition) is 3. The van der Waals surface area contributed by atoms with Gasteiger partial charge in [-0.25, -0.2) is 8.42 Å². The van der Waals surface area contributed by atoms with Gasteiger partial charge < -0.3 is 5.11 Å². The SMILES string of the molecule is CCCN(CCO)S(=O)(=O)c1ccc(C(C)CC)cc1. The molecule has 0 amide bonds. The lowest BCUT2D eigenvalue weighted by molar-refractivity contribution is 0.253. The molecule has 1 aromatic carbocycles. The summed E-state index contributed by atoms with van der Waals surface area (Å²) < 4.78 is 26.3. The lowest BCUT2D eigenvalue weighted by atomic mass is 9.99. The van der Waals surface area contributed by atoms with Gasteiger partial charge >= 0.3 is 0 Å². The van der Waals surface area contributed by atoms with Crippen LogP contribution in [0, 0.1) is 0 Å². The zero-order valence-electron chi connectivity index (χ0n) is 12.5. The van der Waals surface area contributed by atoms with Gasteiger partial charge in [0, 0.05) is 13.1 Å². The summed E-state index contributed by atoms with van der Waals surface area (Å²) in [7, 11) is -3.50. The summed E-state index contributed by atoms with van der Waals surface area (Å²) >= 11 is 0. The van der Waals surface area contributed by atoms with Crippen molar-refractivity contribution in [2.24, 2.45) is 0 Å². The van der Waals surface area contributed by atoms with Crippen LogP contribution in [0.3, 0.4) is 0 Å². The summed E-state index contributed by atoms with van der Waals surface area (Å²) in [6, 6.07) is 7.09. The maximum absolute atomic E-state index is 12.5. The Morgan fingerprint density at radius 2 is 1.75 bits per heavy atom. The van der Waals surface area contributed by atoms with Crippen molar-refractivity contribution in [1.82, 2.24) is 4.31 Å². The normalized spacial score (nSPS) is 13.7. The monoisotopic (exact) mass is 299 g/mol. The number of aliphatic hydroxyl groups excluding tert-OH is 1. The van der Waals surface area contributed by atoms with Crippen LogP contribution in [0.15, 0.2) is 29.2 Å². The third-order valence-electron chi connectivity index (χ3n) is 3.52. The number of nitrogens with zero attached hydrogens (tertiary/aromatic N) is 1. The second-order valence-electron chi connectivity index (χ2n) is 5.01. The first-order valence-corrected chi connectivity index (χ1v) is 8.62. The summed E-state index contributed by atoms with van der Waals surface area (Å²) in [5.41, 5.74) is 1.15. The van der Waals surface area contributed by atoms with E-state index < -0.39 is 10.0 Å². The first-order chi connectivity index (χ1) is 9.47. The fourth-order valence-corrected chi connectivity index (χ4v) is 3.59. The van der Waals surface area contributed by atoms with Crippen molar-refractivity contribution in [2.45, 2.75) is 44.4 Å². The van der Waals surface area contributed by atoms with E-state index in [2.05, 4.69) is 13.8 Å². The van der Waals surface area contributed by atoms with E-state index in [1.54, 1.807) is 12.1 Å². The van der Waals surface area contributed by atoms with Crippen LogP contribution in [0.4, 0.5) is 0 Å². The summed E-state index contributed by atoms with van der Waals surface area (Å²) in [5, 5.41) is 9.02. The maximum atomic E-state index is 12.5. The van der Waals surface area contributed by atoms with E-state index >= 15 is 0 Å². The van der Waals surface area contributed by atoms with Gasteiger partial charge in [-0.3, -0.25) is 0 Å². The molecule has 1 N–H and O–H groups in total. The highest BCUT2D eigenvalue weighted by molar-refractivity contribution is 7.89. The Morgan fingerprint density at radius 1 is 1.15 bits per heavy atom. The predicted molar refractivity (Wildman–Crippen MR) is 81.3 cm³/mol. The molecule has 0 heterocycles. The summed E-state index contributed by atoms with van der Waals surface area (Å²) in [4.78, 5) is 0.298. The molecule has 1 aromatic rings. The minimum Gasteiger partial charge on any atom is -0.395 e. The number of benzene rings is 1. The van der Waals surface area contributed by atoms with Crippen LogP contribution in [0.1, 0.15) is 45.1 Å². The van der Waals surface area contributed by atoms with E-state index in [1.807, 2.05) is 19.1 Å². The quantitative estimate of drug-likeness (QED) is 0.802. The molecule has 1 rings (SSSR count). The van der Waals surface area contributed by atoms with Gasteiger partial charge in [0.15, 0.2) is 0 Å². The molecule has 4 nitrogen and oxygen atoms in total. The Bertz CT molecular complexity index is 490. The van der Waals surface area contributed by atoms with Gasteiger partial charge in [-0.05, 0) is 36.5 Å².